The fourth-order valence-electron chi connectivity index (χ4n) is 0.752. The van der Waals surface area contributed by atoms with Crippen LogP contribution < -0.4 is 0 Å². The standard InChI is InChI=1S/C9H7O2/c10-7-3-5-8-4-1-2-6-9(8)11/h1-6,11H. The molecule has 1 aromatic carbocycles. The normalized spacial score (nSPS) is 10.2. The van der Waals surface area contributed by atoms with E-state index in [0.717, 1.165) is 0 Å². The molecule has 0 aliphatic heterocycles. The van der Waals surface area contributed by atoms with Gasteiger partial charge >= 0.3 is 0 Å². The molecule has 0 saturated carbocycles. The summed E-state index contributed by atoms with van der Waals surface area (Å²) in [6, 6.07) is 6.77. The molecular formula is C9H7O2. The molecule has 1 N–H and O–H groups in total. The third-order valence-corrected chi connectivity index (χ3v) is 1.27. The molecule has 0 atom stereocenters. The number of phenols is 1. The monoisotopic (exact) mass is 147 g/mol. The molecule has 11 heavy (non-hydrogen) atoms. The maximum absolute atomic E-state index is 9.80. The number of allylic oxidation sites excluding steroid dienone is 1. The lowest BCUT2D eigenvalue weighted by Crippen LogP contribution is -1.72. The zero-order valence-electron chi connectivity index (χ0n) is 5.82. The molecule has 0 fully saturated rings. The Kier molecular flexibility index (Phi) is 2.44. The van der Waals surface area contributed by atoms with Gasteiger partial charge in [0, 0.05) is 5.56 Å². The van der Waals surface area contributed by atoms with E-state index in [2.05, 4.69) is 0 Å². The molecule has 1 aromatic rings. The highest BCUT2D eigenvalue weighted by atomic mass is 16.3. The van der Waals surface area contributed by atoms with Crippen LogP contribution in [0.25, 0.3) is 6.08 Å². The molecule has 0 spiro atoms. The average molecular weight is 147 g/mol. The van der Waals surface area contributed by atoms with Crippen LogP contribution in [0.1, 0.15) is 5.56 Å². The number of hydrogen-bond acceptors (Lipinski definition) is 2. The van der Waals surface area contributed by atoms with Gasteiger partial charge in [-0.2, -0.15) is 0 Å². The first kappa shape index (κ1) is 7.54. The van der Waals surface area contributed by atoms with E-state index in [9.17, 15) is 4.79 Å². The van der Waals surface area contributed by atoms with Crippen LogP contribution in [-0.4, -0.2) is 11.4 Å². The van der Waals surface area contributed by atoms with Crippen molar-refractivity contribution in [3.05, 3.63) is 35.9 Å². The lowest BCUT2D eigenvalue weighted by Gasteiger charge is -1.94. The molecule has 0 aliphatic carbocycles. The highest BCUT2D eigenvalue weighted by Crippen LogP contribution is 2.16. The Morgan fingerprint density at radius 2 is 2.09 bits per heavy atom. The summed E-state index contributed by atoms with van der Waals surface area (Å²) in [6.07, 6.45) is 4.32. The van der Waals surface area contributed by atoms with Crippen molar-refractivity contribution in [3.63, 3.8) is 0 Å². The van der Waals surface area contributed by atoms with Crippen molar-refractivity contribution in [2.75, 3.05) is 0 Å². The van der Waals surface area contributed by atoms with Crippen LogP contribution in [0.4, 0.5) is 0 Å². The summed E-state index contributed by atoms with van der Waals surface area (Å²) in [7, 11) is 0. The Balaban J connectivity index is 2.94. The van der Waals surface area contributed by atoms with E-state index in [0.29, 0.717) is 5.56 Å². The molecule has 0 heterocycles. The number of para-hydroxylation sites is 1. The van der Waals surface area contributed by atoms with Gasteiger partial charge in [0.2, 0.25) is 6.29 Å². The van der Waals surface area contributed by atoms with Crippen LogP contribution in [0.15, 0.2) is 30.3 Å². The summed E-state index contributed by atoms with van der Waals surface area (Å²) in [5.74, 6) is 0.166. The zero-order chi connectivity index (χ0) is 8.10. The summed E-state index contributed by atoms with van der Waals surface area (Å²) in [6.45, 7) is 0. The molecular weight excluding hydrogens is 140 g/mol. The minimum absolute atomic E-state index is 0.166. The van der Waals surface area contributed by atoms with Gasteiger partial charge < -0.3 is 5.11 Å². The van der Waals surface area contributed by atoms with Gasteiger partial charge in [0.1, 0.15) is 5.75 Å². The zero-order valence-corrected chi connectivity index (χ0v) is 5.82. The van der Waals surface area contributed by atoms with E-state index in [-0.39, 0.29) is 5.75 Å². The largest absolute Gasteiger partial charge is 0.507 e. The highest BCUT2D eigenvalue weighted by Gasteiger charge is 1.91. The molecule has 0 saturated heterocycles. The van der Waals surface area contributed by atoms with Crippen molar-refractivity contribution < 1.29 is 9.90 Å². The van der Waals surface area contributed by atoms with Crippen molar-refractivity contribution in [3.8, 4) is 5.75 Å². The van der Waals surface area contributed by atoms with Gasteiger partial charge in [-0.15, -0.1) is 0 Å². The lowest BCUT2D eigenvalue weighted by molar-refractivity contribution is 0.474. The summed E-state index contributed by atoms with van der Waals surface area (Å²) >= 11 is 0. The number of rotatable bonds is 2. The Hall–Kier alpha value is -1.57. The van der Waals surface area contributed by atoms with Gasteiger partial charge in [-0.25, -0.2) is 0 Å². The van der Waals surface area contributed by atoms with Crippen LogP contribution in [0.3, 0.4) is 0 Å². The van der Waals surface area contributed by atoms with E-state index >= 15 is 0 Å². The molecule has 0 unspecified atom stereocenters. The lowest BCUT2D eigenvalue weighted by atomic mass is 10.2. The molecule has 2 nitrogen and oxygen atoms in total. The molecule has 2 heteroatoms. The van der Waals surface area contributed by atoms with E-state index in [1.54, 1.807) is 30.6 Å². The van der Waals surface area contributed by atoms with Crippen LogP contribution in [0.5, 0.6) is 5.75 Å². The molecule has 0 aromatic heterocycles. The van der Waals surface area contributed by atoms with Gasteiger partial charge in [-0.05, 0) is 18.2 Å². The maximum Gasteiger partial charge on any atom is 0.225 e. The second kappa shape index (κ2) is 3.56. The summed E-state index contributed by atoms with van der Waals surface area (Å²) in [5.41, 5.74) is 0.621. The minimum Gasteiger partial charge on any atom is -0.507 e. The first-order chi connectivity index (χ1) is 5.34. The summed E-state index contributed by atoms with van der Waals surface area (Å²) < 4.78 is 0. The minimum atomic E-state index is 0.166. The molecule has 0 aliphatic rings. The van der Waals surface area contributed by atoms with Crippen molar-refractivity contribution in [1.82, 2.24) is 0 Å². The molecule has 0 bridgehead atoms. The SMILES string of the molecule is O=[C]C=Cc1ccccc1O. The quantitative estimate of drug-likeness (QED) is 0.644. The average Bonchev–Trinajstić information content (AvgIpc) is 2.03. The molecule has 55 valence electrons. The van der Waals surface area contributed by atoms with Crippen LogP contribution in [0.2, 0.25) is 0 Å². The van der Waals surface area contributed by atoms with Crippen LogP contribution in [0, 0.1) is 0 Å². The van der Waals surface area contributed by atoms with Crippen molar-refractivity contribution in [2.45, 2.75) is 0 Å². The fourth-order valence-corrected chi connectivity index (χ4v) is 0.752. The summed E-state index contributed by atoms with van der Waals surface area (Å²) in [5, 5.41) is 9.16. The number of aromatic hydroxyl groups is 1. The van der Waals surface area contributed by atoms with E-state index in [1.165, 1.54) is 12.2 Å². The number of carbonyl (C=O) groups excluding carboxylic acids is 1. The highest BCUT2D eigenvalue weighted by molar-refractivity contribution is 5.75. The second-order valence-corrected chi connectivity index (χ2v) is 2.01. The van der Waals surface area contributed by atoms with Crippen molar-refractivity contribution in [2.24, 2.45) is 0 Å². The van der Waals surface area contributed by atoms with Gasteiger partial charge in [-0.1, -0.05) is 18.2 Å². The Morgan fingerprint density at radius 1 is 1.36 bits per heavy atom. The topological polar surface area (TPSA) is 37.3 Å². The molecule has 0 amide bonds. The summed E-state index contributed by atoms with van der Waals surface area (Å²) in [4.78, 5) is 9.80. The van der Waals surface area contributed by atoms with Crippen LogP contribution >= 0.6 is 0 Å². The van der Waals surface area contributed by atoms with E-state index < -0.39 is 0 Å². The van der Waals surface area contributed by atoms with Gasteiger partial charge in [0.15, 0.2) is 0 Å². The Bertz CT molecular complexity index is 277. The van der Waals surface area contributed by atoms with E-state index in [4.69, 9.17) is 5.11 Å². The smallest absolute Gasteiger partial charge is 0.225 e. The van der Waals surface area contributed by atoms with Crippen LogP contribution in [-0.2, 0) is 4.79 Å². The van der Waals surface area contributed by atoms with Gasteiger partial charge in [0.05, 0.1) is 0 Å². The Morgan fingerprint density at radius 3 is 2.73 bits per heavy atom. The number of phenolic OH excluding ortho intramolecular Hbond substituents is 1. The predicted octanol–water partition coefficient (Wildman–Crippen LogP) is 1.52. The number of benzene rings is 1. The first-order valence-corrected chi connectivity index (χ1v) is 3.17. The molecule has 1 radical (unpaired) electrons. The first-order valence-electron chi connectivity index (χ1n) is 3.17. The maximum atomic E-state index is 9.80. The predicted molar refractivity (Wildman–Crippen MR) is 42.8 cm³/mol. The Labute approximate surface area is 64.8 Å². The third-order valence-electron chi connectivity index (χ3n) is 1.27. The van der Waals surface area contributed by atoms with Gasteiger partial charge in [-0.3, -0.25) is 4.79 Å². The third kappa shape index (κ3) is 1.93. The number of hydrogen-bond donors (Lipinski definition) is 1. The van der Waals surface area contributed by atoms with E-state index in [1.807, 2.05) is 0 Å². The molecule has 1 rings (SSSR count). The van der Waals surface area contributed by atoms with Crippen molar-refractivity contribution in [1.29, 1.82) is 0 Å². The fraction of sp³-hybridized carbons (Fsp3) is 0. The van der Waals surface area contributed by atoms with Gasteiger partial charge in [0.25, 0.3) is 0 Å². The van der Waals surface area contributed by atoms with Crippen molar-refractivity contribution >= 4 is 12.4 Å². The second-order valence-electron chi connectivity index (χ2n) is 2.01.